The molecule has 6 heteroatoms. The standard InChI is InChI=1S/C15H19NO4S/c1-10-4-5-11(2)15(8-10)21(18,19)16-9-13(17)14-7-6-12(3)20-14/h4-8,13,16-17H,9H2,1-3H3. The van der Waals surface area contributed by atoms with E-state index >= 15 is 0 Å². The van der Waals surface area contributed by atoms with Gasteiger partial charge in [-0.2, -0.15) is 0 Å². The summed E-state index contributed by atoms with van der Waals surface area (Å²) < 4.78 is 32.3. The van der Waals surface area contributed by atoms with Crippen LogP contribution in [0.5, 0.6) is 0 Å². The number of hydrogen-bond acceptors (Lipinski definition) is 4. The fourth-order valence-electron chi connectivity index (χ4n) is 2.00. The lowest BCUT2D eigenvalue weighted by Gasteiger charge is -2.12. The summed E-state index contributed by atoms with van der Waals surface area (Å²) in [5.41, 5.74) is 1.53. The summed E-state index contributed by atoms with van der Waals surface area (Å²) >= 11 is 0. The molecule has 2 N–H and O–H groups in total. The third-order valence-electron chi connectivity index (χ3n) is 3.19. The van der Waals surface area contributed by atoms with Crippen molar-refractivity contribution in [1.29, 1.82) is 0 Å². The van der Waals surface area contributed by atoms with Gasteiger partial charge in [-0.1, -0.05) is 12.1 Å². The summed E-state index contributed by atoms with van der Waals surface area (Å²) in [6, 6.07) is 8.58. The first-order valence-corrected chi connectivity index (χ1v) is 8.09. The summed E-state index contributed by atoms with van der Waals surface area (Å²) in [4.78, 5) is 0.227. The van der Waals surface area contributed by atoms with Crippen molar-refractivity contribution < 1.29 is 17.9 Å². The van der Waals surface area contributed by atoms with Crippen LogP contribution in [-0.4, -0.2) is 20.1 Å². The zero-order valence-corrected chi connectivity index (χ0v) is 13.1. The first-order valence-electron chi connectivity index (χ1n) is 6.61. The molecule has 0 aliphatic heterocycles. The van der Waals surface area contributed by atoms with Crippen LogP contribution in [0.1, 0.15) is 28.8 Å². The highest BCUT2D eigenvalue weighted by Gasteiger charge is 2.20. The van der Waals surface area contributed by atoms with Crippen molar-refractivity contribution in [2.75, 3.05) is 6.54 Å². The van der Waals surface area contributed by atoms with Gasteiger partial charge in [0.05, 0.1) is 4.90 Å². The normalized spacial score (nSPS) is 13.3. The molecule has 5 nitrogen and oxygen atoms in total. The van der Waals surface area contributed by atoms with Crippen molar-refractivity contribution in [3.05, 3.63) is 53.0 Å². The van der Waals surface area contributed by atoms with Crippen molar-refractivity contribution in [1.82, 2.24) is 4.72 Å². The average Bonchev–Trinajstić information content (AvgIpc) is 2.85. The molecule has 1 heterocycles. The Kier molecular flexibility index (Phi) is 4.51. The molecule has 2 rings (SSSR count). The molecule has 1 atom stereocenters. The minimum absolute atomic E-state index is 0.136. The molecule has 1 unspecified atom stereocenters. The Labute approximate surface area is 124 Å². The molecule has 0 aliphatic carbocycles. The lowest BCUT2D eigenvalue weighted by atomic mass is 10.2. The fraction of sp³-hybridized carbons (Fsp3) is 0.333. The monoisotopic (exact) mass is 309 g/mol. The topological polar surface area (TPSA) is 79.5 Å². The lowest BCUT2D eigenvalue weighted by molar-refractivity contribution is 0.152. The average molecular weight is 309 g/mol. The zero-order chi connectivity index (χ0) is 15.6. The van der Waals surface area contributed by atoms with Gasteiger partial charge in [-0.05, 0) is 50.1 Å². The van der Waals surface area contributed by atoms with Crippen molar-refractivity contribution in [2.24, 2.45) is 0 Å². The quantitative estimate of drug-likeness (QED) is 0.887. The maximum absolute atomic E-state index is 12.3. The van der Waals surface area contributed by atoms with Gasteiger partial charge in [-0.3, -0.25) is 0 Å². The van der Waals surface area contributed by atoms with Gasteiger partial charge in [-0.15, -0.1) is 0 Å². The number of furan rings is 1. The first kappa shape index (κ1) is 15.8. The molecular formula is C15H19NO4S. The number of nitrogens with one attached hydrogen (secondary N) is 1. The van der Waals surface area contributed by atoms with Crippen molar-refractivity contribution in [3.63, 3.8) is 0 Å². The number of aryl methyl sites for hydroxylation is 3. The molecule has 0 aliphatic rings. The van der Waals surface area contributed by atoms with Crippen LogP contribution in [0.4, 0.5) is 0 Å². The van der Waals surface area contributed by atoms with Gasteiger partial charge in [0.25, 0.3) is 0 Å². The van der Waals surface area contributed by atoms with Gasteiger partial charge in [0.15, 0.2) is 0 Å². The molecule has 0 fully saturated rings. The Morgan fingerprint density at radius 2 is 1.90 bits per heavy atom. The van der Waals surface area contributed by atoms with E-state index in [1.165, 1.54) is 0 Å². The zero-order valence-electron chi connectivity index (χ0n) is 12.3. The SMILES string of the molecule is Cc1ccc(C)c(S(=O)(=O)NCC(O)c2ccc(C)o2)c1. The van der Waals surface area contributed by atoms with Crippen molar-refractivity contribution in [2.45, 2.75) is 31.8 Å². The van der Waals surface area contributed by atoms with E-state index < -0.39 is 16.1 Å². The summed E-state index contributed by atoms with van der Waals surface area (Å²) in [6.07, 6.45) is -1.02. The summed E-state index contributed by atoms with van der Waals surface area (Å²) in [6.45, 7) is 5.19. The van der Waals surface area contributed by atoms with Crippen LogP contribution in [0.15, 0.2) is 39.6 Å². The van der Waals surface area contributed by atoms with Crippen molar-refractivity contribution >= 4 is 10.0 Å². The second-order valence-electron chi connectivity index (χ2n) is 5.09. The van der Waals surface area contributed by atoms with E-state index in [1.54, 1.807) is 38.1 Å². The molecule has 0 bridgehead atoms. The van der Waals surface area contributed by atoms with Crippen LogP contribution < -0.4 is 4.72 Å². The highest BCUT2D eigenvalue weighted by molar-refractivity contribution is 7.89. The van der Waals surface area contributed by atoms with Gasteiger partial charge >= 0.3 is 0 Å². The van der Waals surface area contributed by atoms with E-state index in [9.17, 15) is 13.5 Å². The highest BCUT2D eigenvalue weighted by atomic mass is 32.2. The number of sulfonamides is 1. The van der Waals surface area contributed by atoms with Gasteiger partial charge in [-0.25, -0.2) is 13.1 Å². The Morgan fingerprint density at radius 1 is 1.19 bits per heavy atom. The predicted octanol–water partition coefficient (Wildman–Crippen LogP) is 2.22. The van der Waals surface area contributed by atoms with E-state index in [-0.39, 0.29) is 11.4 Å². The summed E-state index contributed by atoms with van der Waals surface area (Å²) in [5, 5.41) is 9.95. The molecule has 0 amide bonds. The number of aliphatic hydroxyl groups is 1. The van der Waals surface area contributed by atoms with Crippen LogP contribution in [-0.2, 0) is 10.0 Å². The van der Waals surface area contributed by atoms with E-state index in [0.29, 0.717) is 17.1 Å². The Bertz CT molecular complexity index is 734. The van der Waals surface area contributed by atoms with Crippen LogP contribution >= 0.6 is 0 Å². The van der Waals surface area contributed by atoms with E-state index in [2.05, 4.69) is 4.72 Å². The van der Waals surface area contributed by atoms with Gasteiger partial charge in [0.2, 0.25) is 10.0 Å². The number of benzene rings is 1. The molecule has 0 saturated carbocycles. The largest absolute Gasteiger partial charge is 0.464 e. The number of aliphatic hydroxyl groups excluding tert-OH is 1. The molecule has 21 heavy (non-hydrogen) atoms. The first-order chi connectivity index (χ1) is 9.79. The molecule has 0 spiro atoms. The fourth-order valence-corrected chi connectivity index (χ4v) is 3.36. The number of hydrogen-bond donors (Lipinski definition) is 2. The molecule has 0 saturated heterocycles. The third kappa shape index (κ3) is 3.72. The van der Waals surface area contributed by atoms with E-state index in [4.69, 9.17) is 4.42 Å². The van der Waals surface area contributed by atoms with Gasteiger partial charge in [0.1, 0.15) is 17.6 Å². The Morgan fingerprint density at radius 3 is 2.52 bits per heavy atom. The predicted molar refractivity (Wildman–Crippen MR) is 79.5 cm³/mol. The molecule has 2 aromatic rings. The maximum Gasteiger partial charge on any atom is 0.240 e. The van der Waals surface area contributed by atoms with E-state index in [1.807, 2.05) is 13.0 Å². The molecule has 1 aromatic heterocycles. The minimum atomic E-state index is -3.66. The van der Waals surface area contributed by atoms with Crippen molar-refractivity contribution in [3.8, 4) is 0 Å². The second kappa shape index (κ2) is 6.01. The lowest BCUT2D eigenvalue weighted by Crippen LogP contribution is -2.29. The van der Waals surface area contributed by atoms with Crippen LogP contribution in [0, 0.1) is 20.8 Å². The minimum Gasteiger partial charge on any atom is -0.464 e. The maximum atomic E-state index is 12.3. The summed E-state index contributed by atoms with van der Waals surface area (Å²) in [5.74, 6) is 1.01. The molecule has 0 radical (unpaired) electrons. The summed E-state index contributed by atoms with van der Waals surface area (Å²) in [7, 11) is -3.66. The molecule has 114 valence electrons. The van der Waals surface area contributed by atoms with Crippen LogP contribution in [0.3, 0.4) is 0 Å². The highest BCUT2D eigenvalue weighted by Crippen LogP contribution is 2.19. The van der Waals surface area contributed by atoms with Gasteiger partial charge < -0.3 is 9.52 Å². The second-order valence-corrected chi connectivity index (χ2v) is 6.82. The molecule has 1 aromatic carbocycles. The Balaban J connectivity index is 2.13. The Hall–Kier alpha value is -1.63. The number of rotatable bonds is 5. The molecular weight excluding hydrogens is 290 g/mol. The smallest absolute Gasteiger partial charge is 0.240 e. The van der Waals surface area contributed by atoms with Gasteiger partial charge in [0, 0.05) is 6.54 Å². The van der Waals surface area contributed by atoms with Crippen LogP contribution in [0.2, 0.25) is 0 Å². The third-order valence-corrected chi connectivity index (χ3v) is 4.76. The van der Waals surface area contributed by atoms with Crippen LogP contribution in [0.25, 0.3) is 0 Å². The van der Waals surface area contributed by atoms with E-state index in [0.717, 1.165) is 5.56 Å².